The third-order valence-corrected chi connectivity index (χ3v) is 3.96. The Morgan fingerprint density at radius 1 is 1.42 bits per heavy atom. The molecule has 0 spiro atoms. The molecule has 1 aliphatic heterocycles. The molecule has 2 heterocycles. The van der Waals surface area contributed by atoms with Crippen molar-refractivity contribution in [3.05, 3.63) is 23.5 Å². The van der Waals surface area contributed by atoms with E-state index >= 15 is 0 Å². The number of hydrogen-bond acceptors (Lipinski definition) is 4. The molecule has 4 heteroatoms. The van der Waals surface area contributed by atoms with Crippen LogP contribution in [0.15, 0.2) is 12.3 Å². The molecule has 0 radical (unpaired) electrons. The lowest BCUT2D eigenvalue weighted by Crippen LogP contribution is -2.50. The number of nitrogens with zero attached hydrogens (tertiary/aromatic N) is 3. The van der Waals surface area contributed by atoms with Crippen molar-refractivity contribution in [2.75, 3.05) is 38.1 Å². The minimum atomic E-state index is 0.606. The molecule has 1 fully saturated rings. The molecule has 1 aromatic heterocycles. The lowest BCUT2D eigenvalue weighted by Gasteiger charge is -2.39. The number of pyridine rings is 1. The molecule has 1 aliphatic rings. The molecule has 4 nitrogen and oxygen atoms in total. The van der Waals surface area contributed by atoms with Gasteiger partial charge in [-0.3, -0.25) is 4.98 Å². The average molecular weight is 262 g/mol. The Morgan fingerprint density at radius 2 is 2.21 bits per heavy atom. The normalized spacial score (nSPS) is 20.8. The third-order valence-electron chi connectivity index (χ3n) is 3.96. The van der Waals surface area contributed by atoms with E-state index in [4.69, 9.17) is 0 Å². The van der Waals surface area contributed by atoms with Crippen LogP contribution in [0.25, 0.3) is 0 Å². The molecule has 0 aliphatic carbocycles. The summed E-state index contributed by atoms with van der Waals surface area (Å²) in [5.41, 5.74) is 3.76. The maximum atomic E-state index is 4.44. The second kappa shape index (κ2) is 6.35. The predicted molar refractivity (Wildman–Crippen MR) is 80.7 cm³/mol. The standard InChI is InChI=1S/C15H26N4/c1-5-16-9-14-10-17-12(2)8-15(14)19-7-6-18(4)13(3)11-19/h8,10,13,16H,5-7,9,11H2,1-4H3. The zero-order valence-corrected chi connectivity index (χ0v) is 12.6. The van der Waals surface area contributed by atoms with Crippen LogP contribution in [0.1, 0.15) is 25.1 Å². The highest BCUT2D eigenvalue weighted by molar-refractivity contribution is 5.54. The first-order chi connectivity index (χ1) is 9.11. The van der Waals surface area contributed by atoms with E-state index in [2.05, 4.69) is 54.0 Å². The minimum absolute atomic E-state index is 0.606. The molecular weight excluding hydrogens is 236 g/mol. The summed E-state index contributed by atoms with van der Waals surface area (Å²) >= 11 is 0. The van der Waals surface area contributed by atoms with Gasteiger partial charge in [-0.25, -0.2) is 0 Å². The van der Waals surface area contributed by atoms with Gasteiger partial charge in [-0.2, -0.15) is 0 Å². The molecule has 1 saturated heterocycles. The van der Waals surface area contributed by atoms with E-state index in [-0.39, 0.29) is 0 Å². The van der Waals surface area contributed by atoms with Crippen molar-refractivity contribution in [1.82, 2.24) is 15.2 Å². The SMILES string of the molecule is CCNCc1cnc(C)cc1N1CCN(C)C(C)C1. The van der Waals surface area contributed by atoms with Crippen molar-refractivity contribution < 1.29 is 0 Å². The fraction of sp³-hybridized carbons (Fsp3) is 0.667. The molecule has 1 N–H and O–H groups in total. The van der Waals surface area contributed by atoms with Crippen molar-refractivity contribution in [3.63, 3.8) is 0 Å². The van der Waals surface area contributed by atoms with Crippen LogP contribution in [0.2, 0.25) is 0 Å². The van der Waals surface area contributed by atoms with E-state index in [1.165, 1.54) is 11.3 Å². The number of piperazine rings is 1. The first kappa shape index (κ1) is 14.3. The summed E-state index contributed by atoms with van der Waals surface area (Å²) in [6, 6.07) is 2.83. The molecule has 0 amide bonds. The molecule has 1 aromatic rings. The van der Waals surface area contributed by atoms with Crippen LogP contribution < -0.4 is 10.2 Å². The van der Waals surface area contributed by atoms with Gasteiger partial charge in [0.2, 0.25) is 0 Å². The Labute approximate surface area is 116 Å². The van der Waals surface area contributed by atoms with Crippen LogP contribution in [-0.4, -0.2) is 49.2 Å². The van der Waals surface area contributed by atoms with Gasteiger partial charge in [0.05, 0.1) is 0 Å². The maximum absolute atomic E-state index is 4.44. The molecule has 1 atom stereocenters. The van der Waals surface area contributed by atoms with E-state index in [0.29, 0.717) is 6.04 Å². The summed E-state index contributed by atoms with van der Waals surface area (Å²) in [5.74, 6) is 0. The summed E-state index contributed by atoms with van der Waals surface area (Å²) in [4.78, 5) is 9.38. The lowest BCUT2D eigenvalue weighted by molar-refractivity contribution is 0.234. The van der Waals surface area contributed by atoms with Gasteiger partial charge >= 0.3 is 0 Å². The van der Waals surface area contributed by atoms with Gasteiger partial charge < -0.3 is 15.1 Å². The highest BCUT2D eigenvalue weighted by atomic mass is 15.3. The minimum Gasteiger partial charge on any atom is -0.368 e. The summed E-state index contributed by atoms with van der Waals surface area (Å²) < 4.78 is 0. The smallest absolute Gasteiger partial charge is 0.0446 e. The topological polar surface area (TPSA) is 31.4 Å². The van der Waals surface area contributed by atoms with Gasteiger partial charge in [-0.15, -0.1) is 0 Å². The molecule has 2 rings (SSSR count). The van der Waals surface area contributed by atoms with Crippen LogP contribution in [0, 0.1) is 6.92 Å². The monoisotopic (exact) mass is 262 g/mol. The van der Waals surface area contributed by atoms with Crippen molar-refractivity contribution in [3.8, 4) is 0 Å². The maximum Gasteiger partial charge on any atom is 0.0446 e. The number of aryl methyl sites for hydroxylation is 1. The number of anilines is 1. The van der Waals surface area contributed by atoms with Crippen molar-refractivity contribution in [2.24, 2.45) is 0 Å². The fourth-order valence-electron chi connectivity index (χ4n) is 2.53. The molecule has 0 saturated carbocycles. The molecule has 19 heavy (non-hydrogen) atoms. The van der Waals surface area contributed by atoms with Crippen LogP contribution in [0.4, 0.5) is 5.69 Å². The summed E-state index contributed by atoms with van der Waals surface area (Å²) in [5, 5.41) is 3.41. The Bertz CT molecular complexity index is 419. The first-order valence-corrected chi connectivity index (χ1v) is 7.23. The Hall–Kier alpha value is -1.13. The molecule has 106 valence electrons. The van der Waals surface area contributed by atoms with Crippen molar-refractivity contribution in [1.29, 1.82) is 0 Å². The molecule has 1 unspecified atom stereocenters. The summed E-state index contributed by atoms with van der Waals surface area (Å²) in [7, 11) is 2.21. The Kier molecular flexibility index (Phi) is 4.77. The predicted octanol–water partition coefficient (Wildman–Crippen LogP) is 1.64. The quantitative estimate of drug-likeness (QED) is 0.894. The summed E-state index contributed by atoms with van der Waals surface area (Å²) in [6.07, 6.45) is 2.02. The number of hydrogen-bond donors (Lipinski definition) is 1. The zero-order valence-electron chi connectivity index (χ0n) is 12.6. The van der Waals surface area contributed by atoms with Gasteiger partial charge in [-0.1, -0.05) is 6.92 Å². The van der Waals surface area contributed by atoms with E-state index in [1.54, 1.807) is 0 Å². The number of aromatic nitrogens is 1. The van der Waals surface area contributed by atoms with Crippen LogP contribution >= 0.6 is 0 Å². The van der Waals surface area contributed by atoms with Crippen LogP contribution in [-0.2, 0) is 6.54 Å². The van der Waals surface area contributed by atoms with E-state index in [0.717, 1.165) is 38.4 Å². The third kappa shape index (κ3) is 3.45. The first-order valence-electron chi connectivity index (χ1n) is 7.23. The van der Waals surface area contributed by atoms with E-state index in [1.807, 2.05) is 6.20 Å². The lowest BCUT2D eigenvalue weighted by atomic mass is 10.1. The highest BCUT2D eigenvalue weighted by Gasteiger charge is 2.22. The van der Waals surface area contributed by atoms with Crippen molar-refractivity contribution >= 4 is 5.69 Å². The van der Waals surface area contributed by atoms with Crippen LogP contribution in [0.5, 0.6) is 0 Å². The highest BCUT2D eigenvalue weighted by Crippen LogP contribution is 2.23. The Morgan fingerprint density at radius 3 is 2.89 bits per heavy atom. The number of rotatable bonds is 4. The fourth-order valence-corrected chi connectivity index (χ4v) is 2.53. The second-order valence-electron chi connectivity index (χ2n) is 5.51. The molecule has 0 bridgehead atoms. The molecule has 0 aromatic carbocycles. The van der Waals surface area contributed by atoms with Gasteiger partial charge in [0.25, 0.3) is 0 Å². The zero-order chi connectivity index (χ0) is 13.8. The largest absolute Gasteiger partial charge is 0.368 e. The Balaban J connectivity index is 2.19. The molecular formula is C15H26N4. The van der Waals surface area contributed by atoms with Crippen LogP contribution in [0.3, 0.4) is 0 Å². The second-order valence-corrected chi connectivity index (χ2v) is 5.51. The van der Waals surface area contributed by atoms with E-state index in [9.17, 15) is 0 Å². The summed E-state index contributed by atoms with van der Waals surface area (Å²) in [6.45, 7) is 11.7. The van der Waals surface area contributed by atoms with Gasteiger partial charge in [0.1, 0.15) is 0 Å². The van der Waals surface area contributed by atoms with Gasteiger partial charge in [0, 0.05) is 55.4 Å². The van der Waals surface area contributed by atoms with E-state index < -0.39 is 0 Å². The van der Waals surface area contributed by atoms with Gasteiger partial charge in [0.15, 0.2) is 0 Å². The average Bonchev–Trinajstić information content (AvgIpc) is 2.40. The van der Waals surface area contributed by atoms with Gasteiger partial charge in [-0.05, 0) is 33.5 Å². The van der Waals surface area contributed by atoms with Crippen molar-refractivity contribution in [2.45, 2.75) is 33.4 Å². The number of nitrogens with one attached hydrogen (secondary N) is 1. The number of likely N-dealkylation sites (N-methyl/N-ethyl adjacent to an activating group) is 1.